The highest BCUT2D eigenvalue weighted by Crippen LogP contribution is 2.47. The van der Waals surface area contributed by atoms with E-state index in [1.54, 1.807) is 13.8 Å². The number of nitrogens with one attached hydrogen (secondary N) is 2. The van der Waals surface area contributed by atoms with Crippen molar-refractivity contribution in [3.05, 3.63) is 0 Å². The van der Waals surface area contributed by atoms with Crippen molar-refractivity contribution in [3.8, 4) is 0 Å². The Labute approximate surface area is 235 Å². The van der Waals surface area contributed by atoms with Crippen molar-refractivity contribution in [3.63, 3.8) is 0 Å². The van der Waals surface area contributed by atoms with Gasteiger partial charge in [-0.1, -0.05) is 85.0 Å². The van der Waals surface area contributed by atoms with Gasteiger partial charge in [0.25, 0.3) is 0 Å². The topological polar surface area (TPSA) is 117 Å². The van der Waals surface area contributed by atoms with Crippen LogP contribution in [0.5, 0.6) is 0 Å². The molecule has 2 aliphatic carbocycles. The molecule has 3 fully saturated rings. The number of carboxylic acid groups (broad SMARTS) is 1. The number of carbonyl (C=O) groups is 3. The van der Waals surface area contributed by atoms with Crippen molar-refractivity contribution >= 4 is 17.8 Å². The fraction of sp³-hybridized carbons (Fsp3) is 0.903. The van der Waals surface area contributed by atoms with E-state index >= 15 is 0 Å². The lowest BCUT2D eigenvalue weighted by Crippen LogP contribution is -2.65. The molecule has 0 aromatic heterocycles. The van der Waals surface area contributed by atoms with Crippen LogP contribution in [0, 0.1) is 16.7 Å². The minimum atomic E-state index is -1.23. The highest BCUT2D eigenvalue weighted by atomic mass is 16.7. The Bertz CT molecular complexity index is 844. The Morgan fingerprint density at radius 1 is 0.897 bits per heavy atom. The first-order valence-electron chi connectivity index (χ1n) is 15.5. The minimum Gasteiger partial charge on any atom is -0.550 e. The van der Waals surface area contributed by atoms with E-state index in [-0.39, 0.29) is 23.8 Å². The van der Waals surface area contributed by atoms with Crippen molar-refractivity contribution in [1.29, 1.82) is 0 Å². The van der Waals surface area contributed by atoms with Crippen molar-refractivity contribution in [2.45, 2.75) is 148 Å². The second-order valence-electron chi connectivity index (χ2n) is 13.6. The van der Waals surface area contributed by atoms with Gasteiger partial charge in [-0.25, -0.2) is 0 Å². The number of carboxylic acids is 1. The summed E-state index contributed by atoms with van der Waals surface area (Å²) in [6.45, 7) is 9.77. The number of hydrogen-bond donors (Lipinski definition) is 2. The largest absolute Gasteiger partial charge is 0.550 e. The first-order valence-corrected chi connectivity index (χ1v) is 15.5. The zero-order valence-corrected chi connectivity index (χ0v) is 25.1. The molecule has 224 valence electrons. The SMILES string of the molecule is CCCCCCCCC1(C(=O)NC2(C(CNC(=O)C3OC(C)(C)OCC3(C)C)C(=O)[O-])CCCCC2)CCC1. The smallest absolute Gasteiger partial charge is 0.249 e. The van der Waals surface area contributed by atoms with Gasteiger partial charge < -0.3 is 30.0 Å². The summed E-state index contributed by atoms with van der Waals surface area (Å²) in [6.07, 6.45) is 13.8. The molecule has 39 heavy (non-hydrogen) atoms. The van der Waals surface area contributed by atoms with Crippen molar-refractivity contribution < 1.29 is 29.0 Å². The van der Waals surface area contributed by atoms with Crippen molar-refractivity contribution in [2.24, 2.45) is 16.7 Å². The van der Waals surface area contributed by atoms with Crippen LogP contribution in [0.2, 0.25) is 0 Å². The third-order valence-electron chi connectivity index (χ3n) is 9.48. The summed E-state index contributed by atoms with van der Waals surface area (Å²) in [5.74, 6) is -3.52. The molecule has 1 aliphatic heterocycles. The van der Waals surface area contributed by atoms with Crippen LogP contribution in [-0.4, -0.2) is 48.4 Å². The van der Waals surface area contributed by atoms with Crippen molar-refractivity contribution in [1.82, 2.24) is 10.6 Å². The molecule has 0 spiro atoms. The van der Waals surface area contributed by atoms with Crippen LogP contribution >= 0.6 is 0 Å². The van der Waals surface area contributed by atoms with Gasteiger partial charge in [-0.2, -0.15) is 0 Å². The van der Waals surface area contributed by atoms with Gasteiger partial charge in [0, 0.05) is 34.8 Å². The maximum Gasteiger partial charge on any atom is 0.249 e. The Morgan fingerprint density at radius 3 is 2.13 bits per heavy atom. The van der Waals surface area contributed by atoms with Gasteiger partial charge in [-0.05, 0) is 46.0 Å². The van der Waals surface area contributed by atoms with Gasteiger partial charge in [-0.15, -0.1) is 0 Å². The van der Waals surface area contributed by atoms with Gasteiger partial charge in [0.1, 0.15) is 6.10 Å². The Hall–Kier alpha value is -1.67. The van der Waals surface area contributed by atoms with Gasteiger partial charge in [0.2, 0.25) is 11.8 Å². The van der Waals surface area contributed by atoms with Gasteiger partial charge >= 0.3 is 0 Å². The standard InChI is InChI=1S/C31H54N2O6/c1-6-7-8-9-10-12-16-30(17-15-18-30)27(37)33-31(19-13-11-14-20-31)23(26(35)36)21-32-25(34)24-28(2,3)22-38-29(4,5)39-24/h23-24H,6-22H2,1-5H3,(H,32,34)(H,33,37)(H,35,36)/p-1. The van der Waals surface area contributed by atoms with Crippen LogP contribution < -0.4 is 15.7 Å². The molecule has 3 rings (SSSR count). The second-order valence-corrected chi connectivity index (χ2v) is 13.6. The Morgan fingerprint density at radius 2 is 1.54 bits per heavy atom. The lowest BCUT2D eigenvalue weighted by molar-refractivity contribution is -0.314. The predicted molar refractivity (Wildman–Crippen MR) is 148 cm³/mol. The average Bonchev–Trinajstić information content (AvgIpc) is 2.84. The molecule has 0 aromatic rings. The van der Waals surface area contributed by atoms with E-state index in [1.165, 1.54) is 25.7 Å². The van der Waals surface area contributed by atoms with Gasteiger partial charge in [0.05, 0.1) is 6.61 Å². The van der Waals surface area contributed by atoms with Crippen LogP contribution in [-0.2, 0) is 23.9 Å². The molecular weight excluding hydrogens is 496 g/mol. The molecule has 0 radical (unpaired) electrons. The fourth-order valence-corrected chi connectivity index (χ4v) is 6.66. The van der Waals surface area contributed by atoms with Crippen LogP contribution in [0.1, 0.15) is 131 Å². The minimum absolute atomic E-state index is 0.00238. The molecule has 3 aliphatic rings. The third kappa shape index (κ3) is 7.96. The van der Waals surface area contributed by atoms with E-state index in [1.807, 2.05) is 13.8 Å². The number of ether oxygens (including phenoxy) is 2. The van der Waals surface area contributed by atoms with Crippen molar-refractivity contribution in [2.75, 3.05) is 13.2 Å². The molecule has 2 amide bonds. The predicted octanol–water partition coefficient (Wildman–Crippen LogP) is 4.39. The number of rotatable bonds is 14. The maximum atomic E-state index is 13.8. The first kappa shape index (κ1) is 31.9. The number of carbonyl (C=O) groups excluding carboxylic acids is 3. The molecule has 2 unspecified atom stereocenters. The fourth-order valence-electron chi connectivity index (χ4n) is 6.66. The van der Waals surface area contributed by atoms with E-state index in [2.05, 4.69) is 17.6 Å². The Balaban J connectivity index is 1.69. The molecule has 8 nitrogen and oxygen atoms in total. The lowest BCUT2D eigenvalue weighted by atomic mass is 9.64. The average molecular weight is 550 g/mol. The summed E-state index contributed by atoms with van der Waals surface area (Å²) >= 11 is 0. The zero-order valence-electron chi connectivity index (χ0n) is 25.1. The molecule has 2 atom stereocenters. The van der Waals surface area contributed by atoms with Crippen LogP contribution in [0.25, 0.3) is 0 Å². The summed E-state index contributed by atoms with van der Waals surface area (Å²) in [6, 6.07) is 0. The first-order chi connectivity index (χ1) is 18.4. The molecule has 1 heterocycles. The quantitative estimate of drug-likeness (QED) is 0.311. The normalized spacial score (nSPS) is 25.6. The lowest BCUT2D eigenvalue weighted by Gasteiger charge is -2.49. The number of amides is 2. The molecule has 2 N–H and O–H groups in total. The molecule has 2 saturated carbocycles. The zero-order chi connectivity index (χ0) is 28.7. The third-order valence-corrected chi connectivity index (χ3v) is 9.48. The van der Waals surface area contributed by atoms with E-state index in [4.69, 9.17) is 9.47 Å². The highest BCUT2D eigenvalue weighted by molar-refractivity contribution is 5.86. The molecule has 1 saturated heterocycles. The summed E-state index contributed by atoms with van der Waals surface area (Å²) in [4.78, 5) is 39.7. The van der Waals surface area contributed by atoms with E-state index in [0.717, 1.165) is 57.8 Å². The van der Waals surface area contributed by atoms with Crippen LogP contribution in [0.3, 0.4) is 0 Å². The molecule has 0 aromatic carbocycles. The number of unbranched alkanes of at least 4 members (excludes halogenated alkanes) is 5. The van der Waals surface area contributed by atoms with E-state index < -0.39 is 34.7 Å². The van der Waals surface area contributed by atoms with Crippen LogP contribution in [0.15, 0.2) is 0 Å². The summed E-state index contributed by atoms with van der Waals surface area (Å²) in [5, 5.41) is 18.7. The highest BCUT2D eigenvalue weighted by Gasteiger charge is 2.50. The summed E-state index contributed by atoms with van der Waals surface area (Å²) in [5.41, 5.74) is -1.88. The maximum absolute atomic E-state index is 13.8. The molecule has 0 bridgehead atoms. The number of aliphatic carboxylic acids is 1. The van der Waals surface area contributed by atoms with Gasteiger partial charge in [-0.3, -0.25) is 9.59 Å². The van der Waals surface area contributed by atoms with Crippen LogP contribution in [0.4, 0.5) is 0 Å². The van der Waals surface area contributed by atoms with E-state index in [9.17, 15) is 19.5 Å². The molecular formula is C31H53N2O6-. The summed E-state index contributed by atoms with van der Waals surface area (Å²) in [7, 11) is 0. The Kier molecular flexibility index (Phi) is 10.9. The monoisotopic (exact) mass is 549 g/mol. The molecule has 8 heteroatoms. The number of hydrogen-bond acceptors (Lipinski definition) is 6. The van der Waals surface area contributed by atoms with E-state index in [0.29, 0.717) is 19.4 Å². The summed E-state index contributed by atoms with van der Waals surface area (Å²) < 4.78 is 11.7. The van der Waals surface area contributed by atoms with Gasteiger partial charge in [0.15, 0.2) is 5.79 Å². The second kappa shape index (κ2) is 13.3.